The van der Waals surface area contributed by atoms with Crippen molar-refractivity contribution in [2.24, 2.45) is 5.92 Å². The highest BCUT2D eigenvalue weighted by molar-refractivity contribution is 5.56. The van der Waals surface area contributed by atoms with Crippen LogP contribution in [0.15, 0.2) is 30.6 Å². The Morgan fingerprint density at radius 2 is 2.19 bits per heavy atom. The van der Waals surface area contributed by atoms with E-state index in [0.717, 1.165) is 25.2 Å². The lowest BCUT2D eigenvalue weighted by Crippen LogP contribution is -2.32. The SMILES string of the molecule is O=[N+]([O-])c1ccc(-c2ncn(CC3CCCNC3)n2)cc1. The van der Waals surface area contributed by atoms with Gasteiger partial charge >= 0.3 is 0 Å². The van der Waals surface area contributed by atoms with Crippen LogP contribution < -0.4 is 5.32 Å². The molecule has 0 saturated carbocycles. The third-order valence-corrected chi connectivity index (χ3v) is 3.72. The molecule has 1 N–H and O–H groups in total. The Kier molecular flexibility index (Phi) is 3.92. The molecular formula is C14H17N5O2. The maximum absolute atomic E-state index is 10.6. The highest BCUT2D eigenvalue weighted by Gasteiger charge is 2.15. The summed E-state index contributed by atoms with van der Waals surface area (Å²) < 4.78 is 1.86. The lowest BCUT2D eigenvalue weighted by atomic mass is 10.00. The Hall–Kier alpha value is -2.28. The lowest BCUT2D eigenvalue weighted by Gasteiger charge is -2.22. The predicted octanol–water partition coefficient (Wildman–Crippen LogP) is 1.85. The van der Waals surface area contributed by atoms with E-state index in [4.69, 9.17) is 0 Å². The van der Waals surface area contributed by atoms with Crippen molar-refractivity contribution in [1.29, 1.82) is 0 Å². The number of nitrogens with one attached hydrogen (secondary N) is 1. The Bertz CT molecular complexity index is 617. The smallest absolute Gasteiger partial charge is 0.269 e. The zero-order valence-corrected chi connectivity index (χ0v) is 11.6. The van der Waals surface area contributed by atoms with Crippen molar-refractivity contribution in [3.8, 4) is 11.4 Å². The van der Waals surface area contributed by atoms with Crippen molar-refractivity contribution in [2.75, 3.05) is 13.1 Å². The second-order valence-corrected chi connectivity index (χ2v) is 5.31. The van der Waals surface area contributed by atoms with E-state index in [1.807, 2.05) is 4.68 Å². The quantitative estimate of drug-likeness (QED) is 0.685. The Labute approximate surface area is 122 Å². The van der Waals surface area contributed by atoms with Crippen molar-refractivity contribution in [3.63, 3.8) is 0 Å². The van der Waals surface area contributed by atoms with Gasteiger partial charge in [-0.3, -0.25) is 14.8 Å². The number of benzene rings is 1. The molecule has 2 heterocycles. The van der Waals surface area contributed by atoms with E-state index < -0.39 is 4.92 Å². The molecule has 2 aromatic rings. The second kappa shape index (κ2) is 6.01. The molecule has 1 saturated heterocycles. The molecule has 0 bridgehead atoms. The van der Waals surface area contributed by atoms with Gasteiger partial charge in [0.25, 0.3) is 5.69 Å². The van der Waals surface area contributed by atoms with E-state index in [9.17, 15) is 10.1 Å². The van der Waals surface area contributed by atoms with Crippen molar-refractivity contribution in [3.05, 3.63) is 40.7 Å². The average molecular weight is 287 g/mol. The molecular weight excluding hydrogens is 270 g/mol. The zero-order valence-electron chi connectivity index (χ0n) is 11.6. The molecule has 7 nitrogen and oxygen atoms in total. The van der Waals surface area contributed by atoms with E-state index in [1.165, 1.54) is 25.0 Å². The molecule has 1 aromatic heterocycles. The van der Waals surface area contributed by atoms with Crippen molar-refractivity contribution in [1.82, 2.24) is 20.1 Å². The van der Waals surface area contributed by atoms with Gasteiger partial charge in [-0.05, 0) is 44.0 Å². The van der Waals surface area contributed by atoms with Crippen LogP contribution in [0.3, 0.4) is 0 Å². The summed E-state index contributed by atoms with van der Waals surface area (Å²) >= 11 is 0. The molecule has 21 heavy (non-hydrogen) atoms. The maximum Gasteiger partial charge on any atom is 0.269 e. The average Bonchev–Trinajstić information content (AvgIpc) is 2.97. The molecule has 1 unspecified atom stereocenters. The first-order valence-electron chi connectivity index (χ1n) is 7.07. The number of nitro groups is 1. The fourth-order valence-electron chi connectivity index (χ4n) is 2.59. The summed E-state index contributed by atoms with van der Waals surface area (Å²) in [7, 11) is 0. The molecule has 0 amide bonds. The van der Waals surface area contributed by atoms with Gasteiger partial charge in [0.1, 0.15) is 6.33 Å². The number of aromatic nitrogens is 3. The number of non-ortho nitro benzene ring substituents is 1. The van der Waals surface area contributed by atoms with E-state index in [0.29, 0.717) is 11.7 Å². The third kappa shape index (κ3) is 3.25. The molecule has 1 aliphatic rings. The Morgan fingerprint density at radius 1 is 1.38 bits per heavy atom. The number of hydrogen-bond acceptors (Lipinski definition) is 5. The van der Waals surface area contributed by atoms with E-state index >= 15 is 0 Å². The van der Waals surface area contributed by atoms with Crippen LogP contribution in [0.25, 0.3) is 11.4 Å². The molecule has 0 spiro atoms. The number of rotatable bonds is 4. The topological polar surface area (TPSA) is 85.9 Å². The largest absolute Gasteiger partial charge is 0.316 e. The molecule has 7 heteroatoms. The number of piperidine rings is 1. The molecule has 1 aromatic carbocycles. The van der Waals surface area contributed by atoms with Gasteiger partial charge in [0, 0.05) is 24.2 Å². The summed E-state index contributed by atoms with van der Waals surface area (Å²) in [5.41, 5.74) is 0.868. The van der Waals surface area contributed by atoms with Crippen molar-refractivity contribution in [2.45, 2.75) is 19.4 Å². The van der Waals surface area contributed by atoms with Crippen molar-refractivity contribution < 1.29 is 4.92 Å². The van der Waals surface area contributed by atoms with Crippen LogP contribution in [0, 0.1) is 16.0 Å². The summed E-state index contributed by atoms with van der Waals surface area (Å²) in [4.78, 5) is 14.5. The summed E-state index contributed by atoms with van der Waals surface area (Å²) in [5.74, 6) is 1.19. The Morgan fingerprint density at radius 3 is 2.86 bits per heavy atom. The van der Waals surface area contributed by atoms with Gasteiger partial charge in [0.2, 0.25) is 0 Å². The summed E-state index contributed by atoms with van der Waals surface area (Å²) in [6.07, 6.45) is 4.14. The van der Waals surface area contributed by atoms with Crippen LogP contribution in [0.1, 0.15) is 12.8 Å². The van der Waals surface area contributed by atoms with Gasteiger partial charge in [-0.15, -0.1) is 0 Å². The highest BCUT2D eigenvalue weighted by atomic mass is 16.6. The molecule has 3 rings (SSSR count). The highest BCUT2D eigenvalue weighted by Crippen LogP contribution is 2.19. The summed E-state index contributed by atoms with van der Waals surface area (Å²) in [5, 5.41) is 18.5. The first kappa shape index (κ1) is 13.7. The van der Waals surface area contributed by atoms with Gasteiger partial charge in [-0.2, -0.15) is 5.10 Å². The first-order valence-corrected chi connectivity index (χ1v) is 7.07. The van der Waals surface area contributed by atoms with Crippen LogP contribution in [-0.2, 0) is 6.54 Å². The minimum Gasteiger partial charge on any atom is -0.316 e. The number of nitrogens with zero attached hydrogens (tertiary/aromatic N) is 4. The minimum atomic E-state index is -0.411. The van der Waals surface area contributed by atoms with Gasteiger partial charge < -0.3 is 5.32 Å². The fourth-order valence-corrected chi connectivity index (χ4v) is 2.59. The first-order chi connectivity index (χ1) is 10.2. The van der Waals surface area contributed by atoms with Gasteiger partial charge in [0.05, 0.1) is 4.92 Å². The van der Waals surface area contributed by atoms with Crippen LogP contribution in [0.5, 0.6) is 0 Å². The molecule has 0 radical (unpaired) electrons. The van der Waals surface area contributed by atoms with Gasteiger partial charge in [0.15, 0.2) is 5.82 Å². The summed E-state index contributed by atoms with van der Waals surface area (Å²) in [6.45, 7) is 2.97. The van der Waals surface area contributed by atoms with Crippen molar-refractivity contribution >= 4 is 5.69 Å². The summed E-state index contributed by atoms with van der Waals surface area (Å²) in [6, 6.07) is 6.31. The maximum atomic E-state index is 10.6. The third-order valence-electron chi connectivity index (χ3n) is 3.72. The molecule has 1 atom stereocenters. The van der Waals surface area contributed by atoms with Crippen LogP contribution in [-0.4, -0.2) is 32.8 Å². The normalized spacial score (nSPS) is 18.6. The van der Waals surface area contributed by atoms with Gasteiger partial charge in [-0.25, -0.2) is 4.98 Å². The second-order valence-electron chi connectivity index (χ2n) is 5.31. The standard InChI is InChI=1S/C14H17N5O2/c20-19(21)13-5-3-12(4-6-13)14-16-10-18(17-14)9-11-2-1-7-15-8-11/h3-6,10-11,15H,1-2,7-9H2. The lowest BCUT2D eigenvalue weighted by molar-refractivity contribution is -0.384. The molecule has 110 valence electrons. The van der Waals surface area contributed by atoms with E-state index in [2.05, 4.69) is 15.4 Å². The minimum absolute atomic E-state index is 0.0754. The zero-order chi connectivity index (χ0) is 14.7. The fraction of sp³-hybridized carbons (Fsp3) is 0.429. The van der Waals surface area contributed by atoms with Crippen LogP contribution in [0.2, 0.25) is 0 Å². The van der Waals surface area contributed by atoms with E-state index in [1.54, 1.807) is 18.5 Å². The predicted molar refractivity (Wildman–Crippen MR) is 77.7 cm³/mol. The monoisotopic (exact) mass is 287 g/mol. The number of nitro benzene ring substituents is 1. The van der Waals surface area contributed by atoms with Gasteiger partial charge in [-0.1, -0.05) is 0 Å². The van der Waals surface area contributed by atoms with E-state index in [-0.39, 0.29) is 5.69 Å². The van der Waals surface area contributed by atoms with Crippen LogP contribution >= 0.6 is 0 Å². The molecule has 1 fully saturated rings. The Balaban J connectivity index is 1.70. The number of hydrogen-bond donors (Lipinski definition) is 1. The molecule has 1 aliphatic heterocycles. The van der Waals surface area contributed by atoms with Crippen LogP contribution in [0.4, 0.5) is 5.69 Å². The molecule has 0 aliphatic carbocycles.